The third kappa shape index (κ3) is 8.77. The topological polar surface area (TPSA) is 110 Å². The van der Waals surface area contributed by atoms with Crippen LogP contribution in [0.4, 0.5) is 28.0 Å². The van der Waals surface area contributed by atoms with Crippen molar-refractivity contribution in [3.63, 3.8) is 0 Å². The molecule has 0 spiro atoms. The number of thioether (sulfide) groups is 1. The normalized spacial score (nSPS) is 16.5. The zero-order valence-corrected chi connectivity index (χ0v) is 26.0. The van der Waals surface area contributed by atoms with E-state index in [1.54, 1.807) is 13.0 Å². The van der Waals surface area contributed by atoms with Gasteiger partial charge in [-0.2, -0.15) is 0 Å². The lowest BCUT2D eigenvalue weighted by molar-refractivity contribution is -0.274. The van der Waals surface area contributed by atoms with Gasteiger partial charge in [0.2, 0.25) is 5.91 Å². The van der Waals surface area contributed by atoms with Gasteiger partial charge in [-0.1, -0.05) is 38.1 Å². The van der Waals surface area contributed by atoms with Crippen LogP contribution in [0.25, 0.3) is 17.1 Å². The predicted molar refractivity (Wildman–Crippen MR) is 167 cm³/mol. The standard InChI is InChI=1S/C32H32F4N6O3S/c1-18(2)25-14-22(33)8-13-27(25)39-29(43)16-46-19(3)38-31(44)40-28-15-26(28)20-4-6-21(7-5-20)30-37-17-42(41-30)23-9-11-24(12-10-23)45-32(34,35)36/h4-14,17-19,26,28H,15-16H2,1-3H3,(H,39,43)(H2,38,40,44). The van der Waals surface area contributed by atoms with Crippen molar-refractivity contribution >= 4 is 29.4 Å². The minimum absolute atomic E-state index is 0.0269. The maximum atomic E-state index is 13.6. The highest BCUT2D eigenvalue weighted by atomic mass is 32.2. The lowest BCUT2D eigenvalue weighted by Gasteiger charge is -2.16. The zero-order valence-electron chi connectivity index (χ0n) is 25.1. The van der Waals surface area contributed by atoms with E-state index in [-0.39, 0.29) is 52.5 Å². The highest BCUT2D eigenvalue weighted by molar-refractivity contribution is 8.00. The smallest absolute Gasteiger partial charge is 0.406 e. The maximum Gasteiger partial charge on any atom is 0.573 e. The second-order valence-electron chi connectivity index (χ2n) is 11.1. The minimum Gasteiger partial charge on any atom is -0.406 e. The van der Waals surface area contributed by atoms with Gasteiger partial charge in [-0.3, -0.25) is 4.79 Å². The summed E-state index contributed by atoms with van der Waals surface area (Å²) in [4.78, 5) is 29.4. The molecule has 0 bridgehead atoms. The van der Waals surface area contributed by atoms with Crippen molar-refractivity contribution in [3.8, 4) is 22.8 Å². The van der Waals surface area contributed by atoms with Crippen LogP contribution in [0.15, 0.2) is 73.1 Å². The van der Waals surface area contributed by atoms with Crippen molar-refractivity contribution in [2.45, 2.75) is 56.8 Å². The van der Waals surface area contributed by atoms with Crippen LogP contribution in [0.5, 0.6) is 5.75 Å². The fourth-order valence-electron chi connectivity index (χ4n) is 4.87. The summed E-state index contributed by atoms with van der Waals surface area (Å²) in [7, 11) is 0. The Kier molecular flexibility index (Phi) is 9.85. The average molecular weight is 657 g/mol. The van der Waals surface area contributed by atoms with E-state index in [1.807, 2.05) is 38.1 Å². The van der Waals surface area contributed by atoms with E-state index in [0.717, 1.165) is 23.1 Å². The molecule has 3 unspecified atom stereocenters. The number of benzene rings is 3. The van der Waals surface area contributed by atoms with Crippen LogP contribution in [0.1, 0.15) is 50.2 Å². The highest BCUT2D eigenvalue weighted by Crippen LogP contribution is 2.41. The molecule has 1 aliphatic carbocycles. The Morgan fingerprint density at radius 2 is 1.76 bits per heavy atom. The van der Waals surface area contributed by atoms with Gasteiger partial charge in [0, 0.05) is 23.2 Å². The molecule has 1 saturated carbocycles. The number of alkyl halides is 3. The SMILES string of the molecule is CC(NC(=O)NC1CC1c1ccc(-c2ncn(-c3ccc(OC(F)(F)F)cc3)n2)cc1)SCC(=O)Nc1ccc(F)cc1C(C)C. The number of amides is 3. The fraction of sp³-hybridized carbons (Fsp3) is 0.312. The Labute approximate surface area is 267 Å². The molecule has 1 aromatic heterocycles. The van der Waals surface area contributed by atoms with Crippen molar-refractivity contribution in [2.75, 3.05) is 11.1 Å². The highest BCUT2D eigenvalue weighted by Gasteiger charge is 2.39. The number of ether oxygens (including phenoxy) is 1. The number of anilines is 1. The monoisotopic (exact) mass is 656 g/mol. The summed E-state index contributed by atoms with van der Waals surface area (Å²) in [5.41, 5.74) is 3.63. The van der Waals surface area contributed by atoms with E-state index < -0.39 is 6.36 Å². The summed E-state index contributed by atoms with van der Waals surface area (Å²) in [5.74, 6) is -0.158. The summed E-state index contributed by atoms with van der Waals surface area (Å²) in [6.45, 7) is 5.65. The molecule has 3 aromatic carbocycles. The number of carbonyl (C=O) groups is 2. The van der Waals surface area contributed by atoms with E-state index in [9.17, 15) is 27.2 Å². The average Bonchev–Trinajstić information content (AvgIpc) is 3.57. The molecule has 1 fully saturated rings. The summed E-state index contributed by atoms with van der Waals surface area (Å²) in [6, 6.07) is 16.9. The second-order valence-corrected chi connectivity index (χ2v) is 12.5. The first-order chi connectivity index (χ1) is 21.8. The van der Waals surface area contributed by atoms with Crippen molar-refractivity contribution in [1.82, 2.24) is 25.4 Å². The molecule has 0 saturated heterocycles. The summed E-state index contributed by atoms with van der Waals surface area (Å²) in [5, 5.41) is 12.7. The number of nitrogens with zero attached hydrogens (tertiary/aromatic N) is 3. The summed E-state index contributed by atoms with van der Waals surface area (Å²) < 4.78 is 56.2. The molecule has 3 atom stereocenters. The molecule has 3 N–H and O–H groups in total. The number of nitrogens with one attached hydrogen (secondary N) is 3. The third-order valence-corrected chi connectivity index (χ3v) is 8.29. The van der Waals surface area contributed by atoms with Crippen LogP contribution in [0.2, 0.25) is 0 Å². The van der Waals surface area contributed by atoms with Crippen molar-refractivity contribution in [3.05, 3.63) is 90.0 Å². The van der Waals surface area contributed by atoms with Crippen LogP contribution in [-0.4, -0.2) is 50.2 Å². The summed E-state index contributed by atoms with van der Waals surface area (Å²) in [6.07, 6.45) is -2.50. The Morgan fingerprint density at radius 3 is 2.43 bits per heavy atom. The Hall–Kier alpha value is -4.59. The minimum atomic E-state index is -4.76. The van der Waals surface area contributed by atoms with E-state index >= 15 is 0 Å². The number of carbonyl (C=O) groups excluding carboxylic acids is 2. The van der Waals surface area contributed by atoms with Gasteiger partial charge in [-0.05, 0) is 72.9 Å². The van der Waals surface area contributed by atoms with E-state index in [1.165, 1.54) is 59.2 Å². The first kappa shape index (κ1) is 32.8. The lowest BCUT2D eigenvalue weighted by Crippen LogP contribution is -2.41. The van der Waals surface area contributed by atoms with Crippen molar-refractivity contribution in [1.29, 1.82) is 0 Å². The van der Waals surface area contributed by atoms with Crippen LogP contribution in [0.3, 0.4) is 0 Å². The van der Waals surface area contributed by atoms with Crippen molar-refractivity contribution < 1.29 is 31.9 Å². The predicted octanol–water partition coefficient (Wildman–Crippen LogP) is 6.97. The molecule has 9 nitrogen and oxygen atoms in total. The third-order valence-electron chi connectivity index (χ3n) is 7.24. The van der Waals surface area contributed by atoms with Crippen LogP contribution in [-0.2, 0) is 4.79 Å². The largest absolute Gasteiger partial charge is 0.573 e. The zero-order chi connectivity index (χ0) is 33.0. The quantitative estimate of drug-likeness (QED) is 0.119. The van der Waals surface area contributed by atoms with Crippen LogP contribution < -0.4 is 20.7 Å². The molecule has 3 amide bonds. The molecular weight excluding hydrogens is 624 g/mol. The number of hydrogen-bond donors (Lipinski definition) is 3. The number of hydrogen-bond acceptors (Lipinski definition) is 6. The summed E-state index contributed by atoms with van der Waals surface area (Å²) >= 11 is 1.28. The number of urea groups is 1. The van der Waals surface area contributed by atoms with Gasteiger partial charge in [0.15, 0.2) is 5.82 Å². The van der Waals surface area contributed by atoms with E-state index in [2.05, 4.69) is 30.8 Å². The first-order valence-corrected chi connectivity index (χ1v) is 15.6. The molecule has 5 rings (SSSR count). The van der Waals surface area contributed by atoms with Gasteiger partial charge in [0.05, 0.1) is 16.8 Å². The molecule has 1 heterocycles. The Morgan fingerprint density at radius 1 is 1.04 bits per heavy atom. The number of halogens is 4. The maximum absolute atomic E-state index is 13.6. The van der Waals surface area contributed by atoms with Crippen molar-refractivity contribution in [2.24, 2.45) is 0 Å². The molecule has 0 radical (unpaired) electrons. The van der Waals surface area contributed by atoms with E-state index in [0.29, 0.717) is 17.2 Å². The number of rotatable bonds is 11. The molecule has 0 aliphatic heterocycles. The van der Waals surface area contributed by atoms with Gasteiger partial charge in [-0.25, -0.2) is 18.9 Å². The molecule has 4 aromatic rings. The van der Waals surface area contributed by atoms with Gasteiger partial charge in [0.25, 0.3) is 0 Å². The van der Waals surface area contributed by atoms with Gasteiger partial charge < -0.3 is 20.7 Å². The fourth-order valence-corrected chi connectivity index (χ4v) is 5.53. The second kappa shape index (κ2) is 13.8. The van der Waals surface area contributed by atoms with Gasteiger partial charge >= 0.3 is 12.4 Å². The molecular formula is C32H32F4N6O3S. The van der Waals surface area contributed by atoms with Gasteiger partial charge in [-0.15, -0.1) is 30.0 Å². The number of aromatic nitrogens is 3. The Balaban J connectivity index is 1.06. The Bertz CT molecular complexity index is 1680. The molecule has 46 heavy (non-hydrogen) atoms. The lowest BCUT2D eigenvalue weighted by atomic mass is 10.0. The molecule has 1 aliphatic rings. The first-order valence-electron chi connectivity index (χ1n) is 14.5. The van der Waals surface area contributed by atoms with E-state index in [4.69, 9.17) is 0 Å². The molecule has 242 valence electrons. The molecule has 14 heteroatoms. The van der Waals surface area contributed by atoms with Crippen LogP contribution >= 0.6 is 11.8 Å². The van der Waals surface area contributed by atoms with Gasteiger partial charge in [0.1, 0.15) is 17.9 Å². The van der Waals surface area contributed by atoms with Crippen LogP contribution in [0, 0.1) is 5.82 Å².